The van der Waals surface area contributed by atoms with E-state index in [9.17, 15) is 9.59 Å². The van der Waals surface area contributed by atoms with Crippen LogP contribution in [-0.4, -0.2) is 52.3 Å². The maximum atomic E-state index is 13.2. The van der Waals surface area contributed by atoms with Gasteiger partial charge >= 0.3 is 0 Å². The smallest absolute Gasteiger partial charge is 0.275 e. The van der Waals surface area contributed by atoms with Crippen LogP contribution >= 0.6 is 11.6 Å². The number of halogens is 1. The summed E-state index contributed by atoms with van der Waals surface area (Å²) in [5.74, 6) is 1.15. The second-order valence-electron chi connectivity index (χ2n) is 9.82. The van der Waals surface area contributed by atoms with Gasteiger partial charge in [-0.3, -0.25) is 14.3 Å². The van der Waals surface area contributed by atoms with E-state index in [1.807, 2.05) is 60.4 Å². The third-order valence-electron chi connectivity index (χ3n) is 6.96. The quantitative estimate of drug-likeness (QED) is 0.469. The molecular formula is C28H31ClN4O4. The molecule has 5 rings (SSSR count). The van der Waals surface area contributed by atoms with Gasteiger partial charge in [0.25, 0.3) is 5.91 Å². The lowest BCUT2D eigenvalue weighted by Crippen LogP contribution is -2.48. The van der Waals surface area contributed by atoms with E-state index in [0.717, 1.165) is 23.3 Å². The Morgan fingerprint density at radius 3 is 2.73 bits per heavy atom. The van der Waals surface area contributed by atoms with Crippen LogP contribution in [0, 0.1) is 18.8 Å². The minimum absolute atomic E-state index is 0.137. The van der Waals surface area contributed by atoms with Crippen LogP contribution in [0.25, 0.3) is 0 Å². The first-order chi connectivity index (χ1) is 17.9. The number of aromatic nitrogens is 2. The van der Waals surface area contributed by atoms with Crippen LogP contribution in [0.4, 0.5) is 5.69 Å². The van der Waals surface area contributed by atoms with Crippen LogP contribution in [0.5, 0.6) is 5.75 Å². The number of aryl methyl sites for hydroxylation is 1. The van der Waals surface area contributed by atoms with E-state index in [4.69, 9.17) is 21.1 Å². The summed E-state index contributed by atoms with van der Waals surface area (Å²) in [6.07, 6.45) is 2.15. The fourth-order valence-corrected chi connectivity index (χ4v) is 4.87. The predicted octanol–water partition coefficient (Wildman–Crippen LogP) is 4.56. The Labute approximate surface area is 221 Å². The van der Waals surface area contributed by atoms with Gasteiger partial charge in [-0.05, 0) is 48.6 Å². The lowest BCUT2D eigenvalue weighted by molar-refractivity contribution is -0.141. The highest BCUT2D eigenvalue weighted by molar-refractivity contribution is 6.34. The molecule has 0 spiro atoms. The van der Waals surface area contributed by atoms with Gasteiger partial charge < -0.3 is 19.7 Å². The van der Waals surface area contributed by atoms with Crippen molar-refractivity contribution in [1.82, 2.24) is 14.7 Å². The molecule has 1 aliphatic carbocycles. The molecule has 2 fully saturated rings. The zero-order valence-electron chi connectivity index (χ0n) is 21.0. The summed E-state index contributed by atoms with van der Waals surface area (Å²) >= 11 is 6.36. The Kier molecular flexibility index (Phi) is 7.48. The number of nitrogens with one attached hydrogen (secondary N) is 1. The molecule has 0 radical (unpaired) electrons. The van der Waals surface area contributed by atoms with Crippen molar-refractivity contribution in [3.05, 3.63) is 76.6 Å². The minimum Gasteiger partial charge on any atom is -0.489 e. The molecule has 3 aromatic rings. The lowest BCUT2D eigenvalue weighted by Gasteiger charge is -2.33. The van der Waals surface area contributed by atoms with E-state index in [2.05, 4.69) is 17.3 Å². The predicted molar refractivity (Wildman–Crippen MR) is 141 cm³/mol. The zero-order chi connectivity index (χ0) is 25.9. The summed E-state index contributed by atoms with van der Waals surface area (Å²) in [5, 5.41) is 7.51. The summed E-state index contributed by atoms with van der Waals surface area (Å²) < 4.78 is 13.3. The molecule has 1 saturated heterocycles. The van der Waals surface area contributed by atoms with Crippen LogP contribution in [0.15, 0.2) is 54.7 Å². The molecule has 2 aliphatic rings. The fraction of sp³-hybridized carbons (Fsp3) is 0.393. The Hall–Kier alpha value is -3.36. The fourth-order valence-electron chi connectivity index (χ4n) is 4.64. The van der Waals surface area contributed by atoms with Gasteiger partial charge in [0.15, 0.2) is 0 Å². The van der Waals surface area contributed by atoms with E-state index in [1.165, 1.54) is 6.20 Å². The van der Waals surface area contributed by atoms with Crippen molar-refractivity contribution in [3.8, 4) is 5.75 Å². The molecule has 1 saturated carbocycles. The summed E-state index contributed by atoms with van der Waals surface area (Å²) in [6, 6.07) is 15.5. The van der Waals surface area contributed by atoms with Gasteiger partial charge in [0.05, 0.1) is 30.5 Å². The first-order valence-corrected chi connectivity index (χ1v) is 13.0. The van der Waals surface area contributed by atoms with Crippen molar-refractivity contribution in [3.63, 3.8) is 0 Å². The number of carbonyl (C=O) groups excluding carboxylic acids is 2. The summed E-state index contributed by atoms with van der Waals surface area (Å²) in [7, 11) is 0. The van der Waals surface area contributed by atoms with Gasteiger partial charge in [0.2, 0.25) is 5.91 Å². The summed E-state index contributed by atoms with van der Waals surface area (Å²) in [4.78, 5) is 27.8. The number of benzene rings is 2. The third kappa shape index (κ3) is 5.97. The monoisotopic (exact) mass is 522 g/mol. The van der Waals surface area contributed by atoms with Gasteiger partial charge in [-0.25, -0.2) is 0 Å². The Balaban J connectivity index is 1.22. The Morgan fingerprint density at radius 2 is 2.00 bits per heavy atom. The summed E-state index contributed by atoms with van der Waals surface area (Å²) in [5.41, 5.74) is 2.86. The molecule has 2 aromatic carbocycles. The van der Waals surface area contributed by atoms with Crippen LogP contribution in [0.1, 0.15) is 35.0 Å². The number of nitrogens with zero attached hydrogens (tertiary/aromatic N) is 3. The van der Waals surface area contributed by atoms with E-state index in [0.29, 0.717) is 44.5 Å². The average Bonchev–Trinajstić information content (AvgIpc) is 3.53. The summed E-state index contributed by atoms with van der Waals surface area (Å²) in [6.45, 7) is 6.33. The molecular weight excluding hydrogens is 492 g/mol. The van der Waals surface area contributed by atoms with Crippen LogP contribution in [0.2, 0.25) is 5.02 Å². The second-order valence-corrected chi connectivity index (χ2v) is 10.2. The molecule has 8 nitrogen and oxygen atoms in total. The highest BCUT2D eigenvalue weighted by Crippen LogP contribution is 2.39. The number of ether oxygens (including phenoxy) is 2. The third-order valence-corrected chi connectivity index (χ3v) is 7.23. The van der Waals surface area contributed by atoms with Gasteiger partial charge in [-0.1, -0.05) is 48.9 Å². The van der Waals surface area contributed by atoms with Crippen molar-refractivity contribution < 1.29 is 19.1 Å². The maximum absolute atomic E-state index is 13.2. The average molecular weight is 523 g/mol. The maximum Gasteiger partial charge on any atom is 0.275 e. The zero-order valence-corrected chi connectivity index (χ0v) is 21.8. The van der Waals surface area contributed by atoms with E-state index in [-0.39, 0.29) is 34.6 Å². The highest BCUT2D eigenvalue weighted by Gasteiger charge is 2.42. The van der Waals surface area contributed by atoms with Crippen LogP contribution < -0.4 is 10.1 Å². The van der Waals surface area contributed by atoms with Crippen LogP contribution in [0.3, 0.4) is 0 Å². The van der Waals surface area contributed by atoms with Crippen molar-refractivity contribution in [2.75, 3.05) is 25.0 Å². The lowest BCUT2D eigenvalue weighted by atomic mass is 10.2. The first kappa shape index (κ1) is 25.3. The molecule has 1 N–H and O–H groups in total. The first-order valence-electron chi connectivity index (χ1n) is 12.6. The normalized spacial score (nSPS) is 20.9. The Morgan fingerprint density at radius 1 is 1.22 bits per heavy atom. The molecule has 3 unspecified atom stereocenters. The van der Waals surface area contributed by atoms with Crippen molar-refractivity contribution in [1.29, 1.82) is 0 Å². The van der Waals surface area contributed by atoms with Crippen LogP contribution in [-0.2, 0) is 22.7 Å². The van der Waals surface area contributed by atoms with Gasteiger partial charge in [-0.15, -0.1) is 0 Å². The van der Waals surface area contributed by atoms with Gasteiger partial charge in [0.1, 0.15) is 18.1 Å². The Bertz CT molecular complexity index is 1280. The molecule has 1 aromatic heterocycles. The number of hydrogen-bond donors (Lipinski definition) is 1. The molecule has 37 heavy (non-hydrogen) atoms. The number of hydrogen-bond acceptors (Lipinski definition) is 5. The van der Waals surface area contributed by atoms with Crippen molar-refractivity contribution in [2.24, 2.45) is 11.8 Å². The SMILES string of the molecule is Cc1cc(OCc2ccccc2)ccc1NC(=O)c1c(Cl)cnn1CC1CN(C(=O)C2CC2C)CCO1. The largest absolute Gasteiger partial charge is 0.489 e. The van der Waals surface area contributed by atoms with E-state index < -0.39 is 0 Å². The number of rotatable bonds is 8. The molecule has 3 atom stereocenters. The van der Waals surface area contributed by atoms with E-state index >= 15 is 0 Å². The molecule has 0 bridgehead atoms. The molecule has 194 valence electrons. The number of amides is 2. The topological polar surface area (TPSA) is 85.7 Å². The number of morpholine rings is 1. The minimum atomic E-state index is -0.362. The number of carbonyl (C=O) groups is 2. The molecule has 9 heteroatoms. The van der Waals surface area contributed by atoms with E-state index in [1.54, 1.807) is 4.68 Å². The second kappa shape index (κ2) is 10.9. The molecule has 2 heterocycles. The van der Waals surface area contributed by atoms with Crippen molar-refractivity contribution >= 4 is 29.1 Å². The molecule has 1 aliphatic heterocycles. The standard InChI is InChI=1S/C28H31ClN4O4/c1-18-13-23(18)28(35)32-10-11-36-22(15-32)16-33-26(24(29)14-30-33)27(34)31-25-9-8-21(12-19(25)2)37-17-20-6-4-3-5-7-20/h3-9,12,14,18,22-23H,10-11,13,15-17H2,1-2H3,(H,31,34). The number of anilines is 1. The van der Waals surface area contributed by atoms with Crippen molar-refractivity contribution in [2.45, 2.75) is 39.5 Å². The highest BCUT2D eigenvalue weighted by atomic mass is 35.5. The molecule has 2 amide bonds. The van der Waals surface area contributed by atoms with Gasteiger partial charge in [-0.2, -0.15) is 5.10 Å². The van der Waals surface area contributed by atoms with Gasteiger partial charge in [0, 0.05) is 24.7 Å².